The summed E-state index contributed by atoms with van der Waals surface area (Å²) >= 11 is 11.8. The average Bonchev–Trinajstić information content (AvgIpc) is 2.56. The van der Waals surface area contributed by atoms with Crippen molar-refractivity contribution < 1.29 is 9.13 Å². The van der Waals surface area contributed by atoms with E-state index in [1.807, 2.05) is 0 Å². The maximum absolute atomic E-state index is 13.0. The van der Waals surface area contributed by atoms with E-state index in [-0.39, 0.29) is 5.02 Å². The molecule has 0 atom stereocenters. The summed E-state index contributed by atoms with van der Waals surface area (Å²) in [5.74, 6) is 0.678. The topological polar surface area (TPSA) is 59.9 Å². The minimum atomic E-state index is -0.393. The Kier molecular flexibility index (Phi) is 5.27. The number of anilines is 1. The van der Waals surface area contributed by atoms with Gasteiger partial charge in [-0.25, -0.2) is 19.3 Å². The van der Waals surface area contributed by atoms with E-state index in [4.69, 9.17) is 27.9 Å². The maximum atomic E-state index is 13.0. The largest absolute Gasteiger partial charge is 0.492 e. The number of hydrogen-bond acceptors (Lipinski definition) is 5. The molecule has 1 aromatic carbocycles. The molecule has 0 radical (unpaired) electrons. The summed E-state index contributed by atoms with van der Waals surface area (Å²) in [5.41, 5.74) is 1.33. The molecule has 0 bridgehead atoms. The van der Waals surface area contributed by atoms with Crippen molar-refractivity contribution in [1.82, 2.24) is 15.0 Å². The number of ether oxygens (including phenoxy) is 1. The predicted molar refractivity (Wildman–Crippen MR) is 92.4 cm³/mol. The van der Waals surface area contributed by atoms with Gasteiger partial charge in [0.2, 0.25) is 0 Å². The van der Waals surface area contributed by atoms with Gasteiger partial charge >= 0.3 is 0 Å². The van der Waals surface area contributed by atoms with Gasteiger partial charge in [0.15, 0.2) is 5.82 Å². The smallest absolute Gasteiger partial charge is 0.156 e. The Balaban J connectivity index is 1.54. The van der Waals surface area contributed by atoms with Gasteiger partial charge in [-0.15, -0.1) is 0 Å². The molecular formula is C16H13Cl2FN4O. The van der Waals surface area contributed by atoms with E-state index in [9.17, 15) is 4.39 Å². The highest BCUT2D eigenvalue weighted by atomic mass is 35.5. The van der Waals surface area contributed by atoms with Gasteiger partial charge < -0.3 is 10.1 Å². The van der Waals surface area contributed by atoms with Gasteiger partial charge in [0, 0.05) is 6.54 Å². The van der Waals surface area contributed by atoms with Crippen molar-refractivity contribution in [1.29, 1.82) is 0 Å². The van der Waals surface area contributed by atoms with Gasteiger partial charge in [-0.2, -0.15) is 0 Å². The van der Waals surface area contributed by atoms with Crippen molar-refractivity contribution in [3.8, 4) is 5.75 Å². The highest BCUT2D eigenvalue weighted by molar-refractivity contribution is 6.32. The van der Waals surface area contributed by atoms with Crippen LogP contribution in [-0.4, -0.2) is 28.1 Å². The summed E-state index contributed by atoms with van der Waals surface area (Å²) in [6, 6.07) is 7.51. The van der Waals surface area contributed by atoms with E-state index in [1.54, 1.807) is 12.1 Å². The highest BCUT2D eigenvalue weighted by Gasteiger charge is 2.06. The van der Waals surface area contributed by atoms with Crippen LogP contribution >= 0.6 is 23.2 Å². The zero-order valence-corrected chi connectivity index (χ0v) is 14.0. The predicted octanol–water partition coefficient (Wildman–Crippen LogP) is 4.35. The zero-order chi connectivity index (χ0) is 16.9. The summed E-state index contributed by atoms with van der Waals surface area (Å²) in [6.45, 7) is 1.04. The van der Waals surface area contributed by atoms with Crippen LogP contribution in [0.2, 0.25) is 10.2 Å². The van der Waals surface area contributed by atoms with Crippen molar-refractivity contribution in [3.05, 3.63) is 52.7 Å². The molecule has 5 nitrogen and oxygen atoms in total. The molecule has 24 heavy (non-hydrogen) atoms. The average molecular weight is 367 g/mol. The molecule has 3 aromatic rings. The summed E-state index contributed by atoms with van der Waals surface area (Å²) in [5, 5.41) is 3.82. The number of nitrogens with one attached hydrogen (secondary N) is 1. The Morgan fingerprint density at radius 1 is 1.12 bits per heavy atom. The van der Waals surface area contributed by atoms with Crippen molar-refractivity contribution >= 4 is 40.1 Å². The van der Waals surface area contributed by atoms with Crippen LogP contribution in [0.15, 0.2) is 36.7 Å². The standard InChI is InChI=1S/C16H13Cl2FN4O/c17-11-8-10(19)2-4-13(11)24-7-1-6-20-16-15-12(21-9-22-16)3-5-14(18)23-15/h2-5,8-9H,1,6-7H2,(H,20,21,22). The molecular weight excluding hydrogens is 354 g/mol. The minimum Gasteiger partial charge on any atom is -0.492 e. The van der Waals surface area contributed by atoms with Crippen LogP contribution in [0.1, 0.15) is 6.42 Å². The van der Waals surface area contributed by atoms with Crippen LogP contribution in [-0.2, 0) is 0 Å². The summed E-state index contributed by atoms with van der Waals surface area (Å²) in [4.78, 5) is 12.6. The van der Waals surface area contributed by atoms with Gasteiger partial charge in [0.1, 0.15) is 28.6 Å². The summed E-state index contributed by atoms with van der Waals surface area (Å²) in [6.07, 6.45) is 2.16. The third-order valence-electron chi connectivity index (χ3n) is 3.21. The van der Waals surface area contributed by atoms with Crippen LogP contribution in [0.5, 0.6) is 5.75 Å². The Labute approximate surface area is 147 Å². The molecule has 1 N–H and O–H groups in total. The Bertz CT molecular complexity index is 863. The van der Waals surface area contributed by atoms with Crippen LogP contribution < -0.4 is 10.1 Å². The number of halogens is 3. The van der Waals surface area contributed by atoms with Crippen molar-refractivity contribution in [2.75, 3.05) is 18.5 Å². The number of benzene rings is 1. The SMILES string of the molecule is Fc1ccc(OCCCNc2ncnc3ccc(Cl)nc23)c(Cl)c1. The van der Waals surface area contributed by atoms with Crippen molar-refractivity contribution in [2.45, 2.75) is 6.42 Å². The fourth-order valence-electron chi connectivity index (χ4n) is 2.10. The van der Waals surface area contributed by atoms with Crippen molar-refractivity contribution in [3.63, 3.8) is 0 Å². The van der Waals surface area contributed by atoms with Crippen LogP contribution in [0.3, 0.4) is 0 Å². The second-order valence-corrected chi connectivity index (χ2v) is 5.72. The molecule has 124 valence electrons. The Morgan fingerprint density at radius 2 is 2.00 bits per heavy atom. The van der Waals surface area contributed by atoms with Crippen molar-refractivity contribution in [2.24, 2.45) is 0 Å². The van der Waals surface area contributed by atoms with E-state index in [0.717, 1.165) is 0 Å². The summed E-state index contributed by atoms with van der Waals surface area (Å²) < 4.78 is 18.5. The van der Waals surface area contributed by atoms with Gasteiger partial charge in [-0.3, -0.25) is 0 Å². The van der Waals surface area contributed by atoms with E-state index in [0.29, 0.717) is 47.3 Å². The molecule has 0 amide bonds. The molecule has 2 aromatic heterocycles. The highest BCUT2D eigenvalue weighted by Crippen LogP contribution is 2.25. The molecule has 0 fully saturated rings. The summed E-state index contributed by atoms with van der Waals surface area (Å²) in [7, 11) is 0. The monoisotopic (exact) mass is 366 g/mol. The van der Waals surface area contributed by atoms with Gasteiger partial charge in [-0.1, -0.05) is 23.2 Å². The van der Waals surface area contributed by atoms with E-state index >= 15 is 0 Å². The third-order valence-corrected chi connectivity index (χ3v) is 3.72. The number of rotatable bonds is 6. The van der Waals surface area contributed by atoms with Crippen LogP contribution in [0, 0.1) is 5.82 Å². The van der Waals surface area contributed by atoms with Gasteiger partial charge in [0.25, 0.3) is 0 Å². The number of fused-ring (bicyclic) bond motifs is 1. The first kappa shape index (κ1) is 16.7. The third kappa shape index (κ3) is 4.01. The molecule has 0 unspecified atom stereocenters. The molecule has 2 heterocycles. The quantitative estimate of drug-likeness (QED) is 0.519. The second-order valence-electron chi connectivity index (χ2n) is 4.93. The van der Waals surface area contributed by atoms with Gasteiger partial charge in [-0.05, 0) is 36.8 Å². The fourth-order valence-corrected chi connectivity index (χ4v) is 2.47. The first-order valence-corrected chi connectivity index (χ1v) is 7.98. The van der Waals surface area contributed by atoms with E-state index < -0.39 is 5.82 Å². The molecule has 0 spiro atoms. The molecule has 0 aliphatic heterocycles. The second kappa shape index (κ2) is 7.59. The Hall–Kier alpha value is -2.18. The van der Waals surface area contributed by atoms with Crippen LogP contribution in [0.4, 0.5) is 10.2 Å². The minimum absolute atomic E-state index is 0.253. The Morgan fingerprint density at radius 3 is 2.83 bits per heavy atom. The maximum Gasteiger partial charge on any atom is 0.156 e. The number of pyridine rings is 1. The van der Waals surface area contributed by atoms with E-state index in [1.165, 1.54) is 24.5 Å². The molecule has 0 aliphatic carbocycles. The first-order chi connectivity index (χ1) is 11.6. The lowest BCUT2D eigenvalue weighted by molar-refractivity contribution is 0.314. The fraction of sp³-hybridized carbons (Fsp3) is 0.188. The molecule has 8 heteroatoms. The first-order valence-electron chi connectivity index (χ1n) is 7.22. The molecule has 3 rings (SSSR count). The zero-order valence-electron chi connectivity index (χ0n) is 12.5. The lowest BCUT2D eigenvalue weighted by atomic mass is 10.3. The number of hydrogen-bond donors (Lipinski definition) is 1. The number of aromatic nitrogens is 3. The van der Waals surface area contributed by atoms with E-state index in [2.05, 4.69) is 20.3 Å². The molecule has 0 saturated carbocycles. The lowest BCUT2D eigenvalue weighted by Crippen LogP contribution is -2.09. The number of nitrogens with zero attached hydrogens (tertiary/aromatic N) is 3. The van der Waals surface area contributed by atoms with Crippen LogP contribution in [0.25, 0.3) is 11.0 Å². The lowest BCUT2D eigenvalue weighted by Gasteiger charge is -2.10. The normalized spacial score (nSPS) is 10.8. The molecule has 0 saturated heterocycles. The van der Waals surface area contributed by atoms with Gasteiger partial charge in [0.05, 0.1) is 17.1 Å². The molecule has 0 aliphatic rings.